The van der Waals surface area contributed by atoms with Gasteiger partial charge in [-0.25, -0.2) is 4.98 Å². The largest absolute Gasteiger partial charge is 0.506 e. The van der Waals surface area contributed by atoms with Crippen molar-refractivity contribution in [3.63, 3.8) is 0 Å². The van der Waals surface area contributed by atoms with Crippen LogP contribution in [0, 0.1) is 0 Å². The zero-order chi connectivity index (χ0) is 29.4. The Morgan fingerprint density at radius 3 is 2.61 bits per heavy atom. The molecule has 1 saturated heterocycles. The monoisotopic (exact) mass is 601 g/mol. The number of primary amides is 1. The number of ether oxygens (including phenoxy) is 2. The maximum atomic E-state index is 13.4. The lowest BCUT2D eigenvalue weighted by molar-refractivity contribution is -0.116. The topological polar surface area (TPSA) is 167 Å². The molecule has 4 heterocycles. The summed E-state index contributed by atoms with van der Waals surface area (Å²) < 4.78 is 13.3. The number of aromatic hydroxyl groups is 1. The van der Waals surface area contributed by atoms with Crippen LogP contribution in [0.2, 0.25) is 10.0 Å². The average molecular weight is 602 g/mol. The van der Waals surface area contributed by atoms with Crippen molar-refractivity contribution in [1.29, 1.82) is 0 Å². The highest BCUT2D eigenvalue weighted by atomic mass is 35.5. The summed E-state index contributed by atoms with van der Waals surface area (Å²) in [6.45, 7) is 2.18. The van der Waals surface area contributed by atoms with Gasteiger partial charge in [0.05, 0.1) is 53.2 Å². The number of rotatable bonds is 7. The van der Waals surface area contributed by atoms with Gasteiger partial charge in [0.1, 0.15) is 18.1 Å². The van der Waals surface area contributed by atoms with Crippen molar-refractivity contribution in [2.45, 2.75) is 6.54 Å². The van der Waals surface area contributed by atoms with Gasteiger partial charge >= 0.3 is 6.01 Å². The number of carbonyl (C=O) groups is 2. The highest BCUT2D eigenvalue weighted by Crippen LogP contribution is 2.36. The molecule has 4 aromatic rings. The van der Waals surface area contributed by atoms with Crippen LogP contribution in [-0.2, 0) is 23.1 Å². The van der Waals surface area contributed by atoms with Gasteiger partial charge in [0.15, 0.2) is 5.65 Å². The SMILES string of the molecule is COc1nc2c(c(-c3cc(Cl)c(O)c(C(N)=O)c3)cn2CC(=O)Nc2cc(N3CCOCC3)ncc2Cl)c(=O)n1C. The Balaban J connectivity index is 1.55. The van der Waals surface area contributed by atoms with E-state index >= 15 is 0 Å². The second kappa shape index (κ2) is 11.3. The van der Waals surface area contributed by atoms with E-state index < -0.39 is 23.1 Å². The number of aromatic nitrogens is 4. The predicted octanol–water partition coefficient (Wildman–Crippen LogP) is 2.39. The number of methoxy groups -OCH3 is 1. The van der Waals surface area contributed by atoms with Crippen LogP contribution >= 0.6 is 23.2 Å². The molecule has 1 aliphatic heterocycles. The fourth-order valence-corrected chi connectivity index (χ4v) is 4.96. The Morgan fingerprint density at radius 2 is 1.93 bits per heavy atom. The highest BCUT2D eigenvalue weighted by Gasteiger charge is 2.23. The average Bonchev–Trinajstić information content (AvgIpc) is 3.31. The molecule has 5 rings (SSSR count). The van der Waals surface area contributed by atoms with Gasteiger partial charge < -0.3 is 35.1 Å². The van der Waals surface area contributed by atoms with E-state index in [0.717, 1.165) is 0 Å². The molecule has 214 valence electrons. The number of phenols is 1. The number of amides is 2. The number of benzene rings is 1. The van der Waals surface area contributed by atoms with Crippen LogP contribution in [0.1, 0.15) is 10.4 Å². The van der Waals surface area contributed by atoms with Gasteiger partial charge in [0, 0.05) is 38.0 Å². The summed E-state index contributed by atoms with van der Waals surface area (Å²) in [6, 6.07) is 4.40. The Kier molecular flexibility index (Phi) is 7.76. The quantitative estimate of drug-likeness (QED) is 0.288. The van der Waals surface area contributed by atoms with E-state index in [1.807, 2.05) is 4.90 Å². The van der Waals surface area contributed by atoms with Crippen LogP contribution < -0.4 is 26.2 Å². The molecule has 4 N–H and O–H groups in total. The zero-order valence-corrected chi connectivity index (χ0v) is 23.5. The lowest BCUT2D eigenvalue weighted by atomic mass is 10.0. The van der Waals surface area contributed by atoms with Crippen molar-refractivity contribution in [3.8, 4) is 22.9 Å². The molecule has 2 amide bonds. The molecule has 0 atom stereocenters. The minimum atomic E-state index is -0.909. The zero-order valence-electron chi connectivity index (χ0n) is 22.0. The maximum absolute atomic E-state index is 13.4. The van der Waals surface area contributed by atoms with Gasteiger partial charge in [-0.15, -0.1) is 0 Å². The lowest BCUT2D eigenvalue weighted by Gasteiger charge is -2.28. The van der Waals surface area contributed by atoms with Crippen molar-refractivity contribution in [1.82, 2.24) is 19.1 Å². The van der Waals surface area contributed by atoms with Gasteiger partial charge in [-0.3, -0.25) is 19.0 Å². The molecule has 0 unspecified atom stereocenters. The Labute approximate surface area is 243 Å². The van der Waals surface area contributed by atoms with Crippen LogP contribution in [0.5, 0.6) is 11.8 Å². The maximum Gasteiger partial charge on any atom is 0.300 e. The smallest absolute Gasteiger partial charge is 0.300 e. The molecule has 3 aromatic heterocycles. The molecule has 15 heteroatoms. The van der Waals surface area contributed by atoms with Crippen molar-refractivity contribution in [3.05, 3.63) is 56.6 Å². The van der Waals surface area contributed by atoms with Crippen molar-refractivity contribution in [2.24, 2.45) is 12.8 Å². The number of hydrogen-bond acceptors (Lipinski definition) is 9. The van der Waals surface area contributed by atoms with E-state index in [-0.39, 0.29) is 39.2 Å². The molecule has 0 aliphatic carbocycles. The van der Waals surface area contributed by atoms with Gasteiger partial charge in [0.25, 0.3) is 11.5 Å². The number of carbonyl (C=O) groups excluding carboxylic acids is 2. The summed E-state index contributed by atoms with van der Waals surface area (Å²) in [5.41, 5.74) is 5.84. The van der Waals surface area contributed by atoms with Gasteiger partial charge in [-0.1, -0.05) is 23.2 Å². The summed E-state index contributed by atoms with van der Waals surface area (Å²) in [5, 5.41) is 13.2. The molecule has 1 fully saturated rings. The normalized spacial score (nSPS) is 13.4. The molecule has 0 radical (unpaired) electrons. The van der Waals surface area contributed by atoms with Gasteiger partial charge in [-0.2, -0.15) is 4.98 Å². The van der Waals surface area contributed by atoms with Crippen LogP contribution in [0.25, 0.3) is 22.2 Å². The number of pyridine rings is 1. The Morgan fingerprint density at radius 1 is 1.20 bits per heavy atom. The second-order valence-electron chi connectivity index (χ2n) is 9.22. The summed E-state index contributed by atoms with van der Waals surface area (Å²) in [6.07, 6.45) is 2.99. The fourth-order valence-electron chi connectivity index (χ4n) is 4.59. The number of fused-ring (bicyclic) bond motifs is 1. The van der Waals surface area contributed by atoms with Crippen molar-refractivity contribution in [2.75, 3.05) is 43.6 Å². The Hall–Kier alpha value is -4.33. The van der Waals surface area contributed by atoms with E-state index in [9.17, 15) is 19.5 Å². The van der Waals surface area contributed by atoms with Crippen LogP contribution in [0.4, 0.5) is 11.5 Å². The number of nitrogens with zero attached hydrogens (tertiary/aromatic N) is 5. The van der Waals surface area contributed by atoms with Crippen LogP contribution in [-0.4, -0.2) is 69.4 Å². The van der Waals surface area contributed by atoms with E-state index in [4.69, 9.17) is 38.4 Å². The summed E-state index contributed by atoms with van der Waals surface area (Å²) in [5.74, 6) is -1.21. The van der Waals surface area contributed by atoms with Gasteiger partial charge in [0.2, 0.25) is 5.91 Å². The first-order valence-corrected chi connectivity index (χ1v) is 13.1. The fraction of sp³-hybridized carbons (Fsp3) is 0.269. The molecular weight excluding hydrogens is 577 g/mol. The number of nitrogens with one attached hydrogen (secondary N) is 1. The minimum absolute atomic E-state index is 0.0164. The molecular formula is C26H25Cl2N7O6. The van der Waals surface area contributed by atoms with Gasteiger partial charge in [-0.05, 0) is 17.7 Å². The molecule has 41 heavy (non-hydrogen) atoms. The summed E-state index contributed by atoms with van der Waals surface area (Å²) in [4.78, 5) is 49.4. The van der Waals surface area contributed by atoms with Crippen LogP contribution in [0.3, 0.4) is 0 Å². The third-order valence-electron chi connectivity index (χ3n) is 6.64. The number of morpholine rings is 1. The predicted molar refractivity (Wildman–Crippen MR) is 153 cm³/mol. The lowest BCUT2D eigenvalue weighted by Crippen LogP contribution is -2.36. The number of hydrogen-bond donors (Lipinski definition) is 3. The van der Waals surface area contributed by atoms with E-state index in [1.165, 1.54) is 47.8 Å². The summed E-state index contributed by atoms with van der Waals surface area (Å²) >= 11 is 12.5. The number of nitrogens with two attached hydrogens (primary N) is 1. The first kappa shape index (κ1) is 28.2. The first-order valence-electron chi connectivity index (χ1n) is 12.3. The third-order valence-corrected chi connectivity index (χ3v) is 7.23. The molecule has 1 aromatic carbocycles. The highest BCUT2D eigenvalue weighted by molar-refractivity contribution is 6.34. The Bertz CT molecular complexity index is 1750. The van der Waals surface area contributed by atoms with Crippen molar-refractivity contribution < 1.29 is 24.2 Å². The second-order valence-corrected chi connectivity index (χ2v) is 10.0. The standard InChI is InChI=1S/C26H25Cl2N7O6/c1-33-25(39)21-15(13-7-14(23(29)38)22(37)16(27)8-13)11-35(24(21)32-26(33)40-2)12-20(36)31-18-9-19(30-10-17(18)28)34-3-5-41-6-4-34/h7-11,37H,3-6,12H2,1-2H3,(H2,29,38)(H,30,31,36). The minimum Gasteiger partial charge on any atom is -0.506 e. The molecule has 0 bridgehead atoms. The van der Waals surface area contributed by atoms with Crippen molar-refractivity contribution >= 4 is 57.6 Å². The molecule has 0 spiro atoms. The van der Waals surface area contributed by atoms with E-state index in [1.54, 1.807) is 6.07 Å². The molecule has 0 saturated carbocycles. The van der Waals surface area contributed by atoms with Crippen LogP contribution in [0.15, 0.2) is 35.4 Å². The first-order chi connectivity index (χ1) is 19.6. The number of halogens is 2. The molecule has 13 nitrogen and oxygen atoms in total. The third kappa shape index (κ3) is 5.38. The van der Waals surface area contributed by atoms with E-state index in [0.29, 0.717) is 48.9 Å². The summed E-state index contributed by atoms with van der Waals surface area (Å²) in [7, 11) is 2.85. The van der Waals surface area contributed by atoms with E-state index in [2.05, 4.69) is 15.3 Å². The number of anilines is 2. The molecule has 1 aliphatic rings.